The van der Waals surface area contributed by atoms with Crippen molar-refractivity contribution in [1.82, 2.24) is 4.72 Å². The summed E-state index contributed by atoms with van der Waals surface area (Å²) in [4.78, 5) is 11.7. The van der Waals surface area contributed by atoms with E-state index in [2.05, 4.69) is 50.6 Å². The molecular weight excluding hydrogens is 258 g/mol. The lowest BCUT2D eigenvalue weighted by Crippen LogP contribution is -2.30. The van der Waals surface area contributed by atoms with Crippen LogP contribution in [0.25, 0.3) is 0 Å². The largest absolute Gasteiger partial charge is 0.593 e. The lowest BCUT2D eigenvalue weighted by atomic mass is 9.92. The van der Waals surface area contributed by atoms with Gasteiger partial charge in [0, 0.05) is 0 Å². The van der Waals surface area contributed by atoms with Gasteiger partial charge in [0.1, 0.15) is 6.26 Å². The molecule has 1 unspecified atom stereocenters. The minimum absolute atomic E-state index is 0.198. The molecule has 1 rings (SSSR count). The second kappa shape index (κ2) is 6.96. The Balaban J connectivity index is 2.96. The zero-order valence-electron chi connectivity index (χ0n) is 12.3. The average molecular weight is 281 g/mol. The summed E-state index contributed by atoms with van der Waals surface area (Å²) in [5.41, 5.74) is 3.47. The van der Waals surface area contributed by atoms with E-state index in [-0.39, 0.29) is 12.3 Å². The number of hydrogen-bond donors (Lipinski definition) is 1. The molecule has 0 fully saturated rings. The summed E-state index contributed by atoms with van der Waals surface area (Å²) in [6.45, 7) is 8.57. The molecule has 0 saturated heterocycles. The zero-order valence-corrected chi connectivity index (χ0v) is 13.1. The highest BCUT2D eigenvalue weighted by molar-refractivity contribution is 7.89. The van der Waals surface area contributed by atoms with Gasteiger partial charge in [0.2, 0.25) is 0 Å². The molecule has 0 aliphatic heterocycles. The molecule has 3 nitrogen and oxygen atoms in total. The van der Waals surface area contributed by atoms with Crippen LogP contribution >= 0.6 is 0 Å². The van der Waals surface area contributed by atoms with Gasteiger partial charge in [0.25, 0.3) is 5.91 Å². The van der Waals surface area contributed by atoms with E-state index in [4.69, 9.17) is 0 Å². The highest BCUT2D eigenvalue weighted by atomic mass is 32.2. The standard InChI is InChI=1S/C15H23NO2S/c1-10(2)13-6-12(7-14(9-13)11(3)4)8-15(17)16-19(5)18/h6-7,9-11H,8H2,1-5H3,(H,16,17). The van der Waals surface area contributed by atoms with E-state index in [1.165, 1.54) is 17.4 Å². The fourth-order valence-electron chi connectivity index (χ4n) is 1.90. The maximum absolute atomic E-state index is 11.7. The maximum Gasteiger partial charge on any atom is 0.265 e. The van der Waals surface area contributed by atoms with Gasteiger partial charge in [-0.3, -0.25) is 4.79 Å². The fraction of sp³-hybridized carbons (Fsp3) is 0.533. The predicted octanol–water partition coefficient (Wildman–Crippen LogP) is 2.89. The Morgan fingerprint density at radius 1 is 1.16 bits per heavy atom. The minimum Gasteiger partial charge on any atom is -0.593 e. The van der Waals surface area contributed by atoms with Crippen LogP contribution in [0.15, 0.2) is 18.2 Å². The Morgan fingerprint density at radius 3 is 2.00 bits per heavy atom. The van der Waals surface area contributed by atoms with E-state index in [1.54, 1.807) is 0 Å². The van der Waals surface area contributed by atoms with Crippen molar-refractivity contribution < 1.29 is 9.35 Å². The van der Waals surface area contributed by atoms with Gasteiger partial charge < -0.3 is 4.55 Å². The Hall–Kier alpha value is -1.00. The second-order valence-electron chi connectivity index (χ2n) is 5.47. The molecule has 19 heavy (non-hydrogen) atoms. The highest BCUT2D eigenvalue weighted by Crippen LogP contribution is 2.23. The Labute approximate surface area is 119 Å². The van der Waals surface area contributed by atoms with Crippen molar-refractivity contribution in [2.24, 2.45) is 0 Å². The number of hydrogen-bond acceptors (Lipinski definition) is 2. The highest BCUT2D eigenvalue weighted by Gasteiger charge is 2.12. The second-order valence-corrected chi connectivity index (χ2v) is 6.59. The molecule has 1 N–H and O–H groups in total. The van der Waals surface area contributed by atoms with Gasteiger partial charge in [0.05, 0.1) is 17.8 Å². The van der Waals surface area contributed by atoms with Gasteiger partial charge in [0.15, 0.2) is 0 Å². The molecule has 4 heteroatoms. The minimum atomic E-state index is -1.30. The normalized spacial score (nSPS) is 12.8. The molecule has 0 spiro atoms. The molecule has 0 aliphatic carbocycles. The van der Waals surface area contributed by atoms with E-state index in [0.717, 1.165) is 5.56 Å². The third-order valence-electron chi connectivity index (χ3n) is 2.99. The zero-order chi connectivity index (χ0) is 14.6. The topological polar surface area (TPSA) is 52.2 Å². The summed E-state index contributed by atoms with van der Waals surface area (Å²) >= 11 is -1.30. The molecule has 0 heterocycles. The number of benzene rings is 1. The lowest BCUT2D eigenvalue weighted by molar-refractivity contribution is -0.118. The first-order valence-corrected chi connectivity index (χ1v) is 8.12. The number of carbonyl (C=O) groups excluding carboxylic acids is 1. The molecule has 0 saturated carbocycles. The van der Waals surface area contributed by atoms with E-state index < -0.39 is 11.4 Å². The molecule has 1 aromatic carbocycles. The van der Waals surface area contributed by atoms with Crippen LogP contribution in [-0.2, 0) is 22.6 Å². The summed E-state index contributed by atoms with van der Waals surface area (Å²) in [5.74, 6) is 0.665. The predicted molar refractivity (Wildman–Crippen MR) is 80.5 cm³/mol. The van der Waals surface area contributed by atoms with E-state index in [9.17, 15) is 9.35 Å². The first-order chi connectivity index (χ1) is 8.79. The van der Waals surface area contributed by atoms with Crippen molar-refractivity contribution in [2.75, 3.05) is 6.26 Å². The van der Waals surface area contributed by atoms with Gasteiger partial charge >= 0.3 is 0 Å². The van der Waals surface area contributed by atoms with Crippen LogP contribution in [0.4, 0.5) is 0 Å². The molecule has 0 aromatic heterocycles. The van der Waals surface area contributed by atoms with Crippen molar-refractivity contribution >= 4 is 17.3 Å². The number of nitrogens with one attached hydrogen (secondary N) is 1. The van der Waals surface area contributed by atoms with Crippen molar-refractivity contribution in [3.63, 3.8) is 0 Å². The molecule has 0 aliphatic rings. The lowest BCUT2D eigenvalue weighted by Gasteiger charge is -2.14. The van der Waals surface area contributed by atoms with Crippen molar-refractivity contribution in [2.45, 2.75) is 46.0 Å². The third kappa shape index (κ3) is 5.25. The first-order valence-electron chi connectivity index (χ1n) is 6.56. The summed E-state index contributed by atoms with van der Waals surface area (Å²) < 4.78 is 13.4. The van der Waals surface area contributed by atoms with Crippen LogP contribution in [-0.4, -0.2) is 16.7 Å². The summed E-state index contributed by atoms with van der Waals surface area (Å²) in [6, 6.07) is 6.33. The first kappa shape index (κ1) is 16.1. The third-order valence-corrected chi connectivity index (χ3v) is 3.51. The summed E-state index contributed by atoms with van der Waals surface area (Å²) in [5, 5.41) is 0. The number of amides is 1. The van der Waals surface area contributed by atoms with Crippen LogP contribution in [0.3, 0.4) is 0 Å². The molecule has 1 aromatic rings. The van der Waals surface area contributed by atoms with Crippen LogP contribution < -0.4 is 4.72 Å². The quantitative estimate of drug-likeness (QED) is 0.844. The van der Waals surface area contributed by atoms with Gasteiger partial charge in [-0.25, -0.2) is 0 Å². The van der Waals surface area contributed by atoms with Crippen LogP contribution in [0.1, 0.15) is 56.2 Å². The fourth-order valence-corrected chi connectivity index (χ4v) is 2.29. The summed E-state index contributed by atoms with van der Waals surface area (Å²) in [6.07, 6.45) is 1.74. The molecular formula is C15H23NO2S. The van der Waals surface area contributed by atoms with Gasteiger partial charge in [-0.15, -0.1) is 0 Å². The summed E-state index contributed by atoms with van der Waals surface area (Å²) in [7, 11) is 0. The van der Waals surface area contributed by atoms with E-state index >= 15 is 0 Å². The maximum atomic E-state index is 11.7. The van der Waals surface area contributed by atoms with Crippen LogP contribution in [0.5, 0.6) is 0 Å². The van der Waals surface area contributed by atoms with Crippen LogP contribution in [0, 0.1) is 0 Å². The SMILES string of the molecule is CC(C)c1cc(CC(=O)N[S+](C)[O-])cc(C(C)C)c1. The Morgan fingerprint density at radius 2 is 1.63 bits per heavy atom. The van der Waals surface area contributed by atoms with E-state index in [0.29, 0.717) is 11.8 Å². The van der Waals surface area contributed by atoms with Gasteiger partial charge in [-0.1, -0.05) is 45.9 Å². The molecule has 106 valence electrons. The average Bonchev–Trinajstić information content (AvgIpc) is 2.26. The molecule has 0 radical (unpaired) electrons. The monoisotopic (exact) mass is 281 g/mol. The Kier molecular flexibility index (Phi) is 5.88. The molecule has 1 amide bonds. The van der Waals surface area contributed by atoms with Crippen molar-refractivity contribution in [3.8, 4) is 0 Å². The van der Waals surface area contributed by atoms with Gasteiger partial charge in [-0.2, -0.15) is 4.72 Å². The van der Waals surface area contributed by atoms with Gasteiger partial charge in [-0.05, 0) is 28.5 Å². The van der Waals surface area contributed by atoms with Crippen molar-refractivity contribution in [1.29, 1.82) is 0 Å². The molecule has 0 bridgehead atoms. The van der Waals surface area contributed by atoms with Crippen LogP contribution in [0.2, 0.25) is 0 Å². The molecule has 1 atom stereocenters. The number of rotatable bonds is 5. The smallest absolute Gasteiger partial charge is 0.265 e. The number of carbonyl (C=O) groups is 1. The van der Waals surface area contributed by atoms with E-state index in [1.807, 2.05) is 0 Å². The Bertz CT molecular complexity index is 416. The van der Waals surface area contributed by atoms with Crippen molar-refractivity contribution in [3.05, 3.63) is 34.9 Å².